The predicted molar refractivity (Wildman–Crippen MR) is 47.9 cm³/mol. The molecule has 0 saturated carbocycles. The molecule has 0 radical (unpaired) electrons. The third kappa shape index (κ3) is 1.84. The summed E-state index contributed by atoms with van der Waals surface area (Å²) in [5, 5.41) is 9.38. The number of methoxy groups -OCH3 is 1. The molecule has 12 heavy (non-hydrogen) atoms. The van der Waals surface area contributed by atoms with Crippen LogP contribution in [0.1, 0.15) is 23.0 Å². The number of aliphatic hydroxyl groups excluding tert-OH is 1. The average Bonchev–Trinajstić information content (AvgIpc) is 2.03. The molecular weight excluding hydrogens is 152 g/mol. The highest BCUT2D eigenvalue weighted by molar-refractivity contribution is 5.30. The van der Waals surface area contributed by atoms with Crippen LogP contribution in [0, 0.1) is 13.8 Å². The smallest absolute Gasteiger partial charge is 0.181 e. The largest absolute Gasteiger partial charge is 0.364 e. The summed E-state index contributed by atoms with van der Waals surface area (Å²) in [4.78, 5) is 0. The molecule has 0 fully saturated rings. The standard InChI is InChI=1S/C10H14O2/c1-7-4-5-9(8(2)6-7)10(11)12-3/h4-6,10-11H,1-3H3. The van der Waals surface area contributed by atoms with Crippen molar-refractivity contribution in [1.82, 2.24) is 0 Å². The molecule has 0 bridgehead atoms. The highest BCUT2D eigenvalue weighted by atomic mass is 16.6. The molecule has 1 rings (SSSR count). The van der Waals surface area contributed by atoms with Gasteiger partial charge in [-0.3, -0.25) is 0 Å². The number of hydrogen-bond acceptors (Lipinski definition) is 2. The van der Waals surface area contributed by atoms with Gasteiger partial charge < -0.3 is 9.84 Å². The molecule has 1 aromatic rings. The quantitative estimate of drug-likeness (QED) is 0.680. The molecule has 0 aliphatic heterocycles. The first kappa shape index (κ1) is 9.23. The molecule has 1 N–H and O–H groups in total. The number of rotatable bonds is 2. The van der Waals surface area contributed by atoms with E-state index in [2.05, 4.69) is 0 Å². The molecule has 66 valence electrons. The summed E-state index contributed by atoms with van der Waals surface area (Å²) in [6.45, 7) is 3.99. The fourth-order valence-corrected chi connectivity index (χ4v) is 1.23. The van der Waals surface area contributed by atoms with Crippen molar-refractivity contribution < 1.29 is 9.84 Å². The number of ether oxygens (including phenoxy) is 1. The molecule has 1 atom stereocenters. The van der Waals surface area contributed by atoms with Crippen LogP contribution in [0.2, 0.25) is 0 Å². The van der Waals surface area contributed by atoms with Gasteiger partial charge in [-0.1, -0.05) is 23.8 Å². The molecule has 0 aliphatic carbocycles. The number of benzene rings is 1. The van der Waals surface area contributed by atoms with Crippen LogP contribution in [0.15, 0.2) is 18.2 Å². The first-order valence-corrected chi connectivity index (χ1v) is 3.93. The molecule has 0 heterocycles. The minimum Gasteiger partial charge on any atom is -0.364 e. The maximum atomic E-state index is 9.38. The Morgan fingerprint density at radius 3 is 2.50 bits per heavy atom. The Kier molecular flexibility index (Phi) is 2.84. The molecule has 0 amide bonds. The highest BCUT2D eigenvalue weighted by Gasteiger charge is 2.07. The Balaban J connectivity index is 3.01. The van der Waals surface area contributed by atoms with Crippen LogP contribution in [0.3, 0.4) is 0 Å². The maximum Gasteiger partial charge on any atom is 0.181 e. The van der Waals surface area contributed by atoms with E-state index in [4.69, 9.17) is 4.74 Å². The minimum absolute atomic E-state index is 0.800. The first-order chi connectivity index (χ1) is 5.65. The van der Waals surface area contributed by atoms with Crippen LogP contribution >= 0.6 is 0 Å². The van der Waals surface area contributed by atoms with E-state index in [9.17, 15) is 5.11 Å². The number of aliphatic hydroxyl groups is 1. The second kappa shape index (κ2) is 3.70. The van der Waals surface area contributed by atoms with E-state index < -0.39 is 6.29 Å². The SMILES string of the molecule is COC(O)c1ccc(C)cc1C. The van der Waals surface area contributed by atoms with Gasteiger partial charge in [-0.05, 0) is 19.4 Å². The van der Waals surface area contributed by atoms with Crippen molar-refractivity contribution in [1.29, 1.82) is 0 Å². The number of hydrogen-bond donors (Lipinski definition) is 1. The zero-order valence-electron chi connectivity index (χ0n) is 7.66. The normalized spacial score (nSPS) is 13.0. The molecule has 2 nitrogen and oxygen atoms in total. The van der Waals surface area contributed by atoms with Gasteiger partial charge in [0.05, 0.1) is 0 Å². The lowest BCUT2D eigenvalue weighted by Crippen LogP contribution is -2.01. The van der Waals surface area contributed by atoms with Gasteiger partial charge in [0.2, 0.25) is 0 Å². The van der Waals surface area contributed by atoms with Crippen LogP contribution in [0.4, 0.5) is 0 Å². The van der Waals surface area contributed by atoms with Crippen molar-refractivity contribution in [2.45, 2.75) is 20.1 Å². The summed E-state index contributed by atoms with van der Waals surface area (Å²) < 4.78 is 4.81. The lowest BCUT2D eigenvalue weighted by molar-refractivity contribution is -0.0773. The van der Waals surface area contributed by atoms with E-state index >= 15 is 0 Å². The van der Waals surface area contributed by atoms with Crippen LogP contribution in [0.25, 0.3) is 0 Å². The van der Waals surface area contributed by atoms with Crippen LogP contribution in [-0.2, 0) is 4.74 Å². The fourth-order valence-electron chi connectivity index (χ4n) is 1.23. The molecule has 0 saturated heterocycles. The molecule has 2 heteroatoms. The van der Waals surface area contributed by atoms with Crippen LogP contribution < -0.4 is 0 Å². The van der Waals surface area contributed by atoms with Gasteiger partial charge in [-0.25, -0.2) is 0 Å². The Bertz CT molecular complexity index is 269. The van der Waals surface area contributed by atoms with E-state index in [1.165, 1.54) is 12.7 Å². The first-order valence-electron chi connectivity index (χ1n) is 3.93. The zero-order valence-corrected chi connectivity index (χ0v) is 7.66. The van der Waals surface area contributed by atoms with Gasteiger partial charge in [0.15, 0.2) is 6.29 Å². The van der Waals surface area contributed by atoms with E-state index in [1.54, 1.807) is 0 Å². The third-order valence-corrected chi connectivity index (χ3v) is 1.91. The molecule has 1 aromatic carbocycles. The maximum absolute atomic E-state index is 9.38. The van der Waals surface area contributed by atoms with Crippen molar-refractivity contribution >= 4 is 0 Å². The van der Waals surface area contributed by atoms with Crippen molar-refractivity contribution in [3.63, 3.8) is 0 Å². The fraction of sp³-hybridized carbons (Fsp3) is 0.400. The minimum atomic E-state index is -0.800. The predicted octanol–water partition coefficient (Wildman–Crippen LogP) is 1.94. The second-order valence-electron chi connectivity index (χ2n) is 2.95. The molecular formula is C10H14O2. The Labute approximate surface area is 72.8 Å². The average molecular weight is 166 g/mol. The summed E-state index contributed by atoms with van der Waals surface area (Å²) in [5.74, 6) is 0. The van der Waals surface area contributed by atoms with Crippen molar-refractivity contribution in [3.8, 4) is 0 Å². The van der Waals surface area contributed by atoms with E-state index in [-0.39, 0.29) is 0 Å². The monoisotopic (exact) mass is 166 g/mol. The number of aryl methyl sites for hydroxylation is 2. The summed E-state index contributed by atoms with van der Waals surface area (Å²) >= 11 is 0. The van der Waals surface area contributed by atoms with Crippen LogP contribution in [-0.4, -0.2) is 12.2 Å². The van der Waals surface area contributed by atoms with Crippen molar-refractivity contribution in [3.05, 3.63) is 34.9 Å². The summed E-state index contributed by atoms with van der Waals surface area (Å²) in [7, 11) is 1.49. The lowest BCUT2D eigenvalue weighted by atomic mass is 10.1. The van der Waals surface area contributed by atoms with E-state index in [0.29, 0.717) is 0 Å². The van der Waals surface area contributed by atoms with E-state index in [1.807, 2.05) is 32.0 Å². The summed E-state index contributed by atoms with van der Waals surface area (Å²) in [6.07, 6.45) is -0.800. The molecule has 0 spiro atoms. The zero-order chi connectivity index (χ0) is 9.14. The van der Waals surface area contributed by atoms with Gasteiger partial charge in [0.25, 0.3) is 0 Å². The van der Waals surface area contributed by atoms with Gasteiger partial charge >= 0.3 is 0 Å². The molecule has 0 aromatic heterocycles. The Morgan fingerprint density at radius 1 is 1.33 bits per heavy atom. The summed E-state index contributed by atoms with van der Waals surface area (Å²) in [5.41, 5.74) is 3.09. The van der Waals surface area contributed by atoms with Gasteiger partial charge in [0.1, 0.15) is 0 Å². The summed E-state index contributed by atoms with van der Waals surface area (Å²) in [6, 6.07) is 5.88. The van der Waals surface area contributed by atoms with Gasteiger partial charge in [0, 0.05) is 12.7 Å². The van der Waals surface area contributed by atoms with Crippen LogP contribution in [0.5, 0.6) is 0 Å². The van der Waals surface area contributed by atoms with Crippen molar-refractivity contribution in [2.75, 3.05) is 7.11 Å². The lowest BCUT2D eigenvalue weighted by Gasteiger charge is -2.11. The van der Waals surface area contributed by atoms with Gasteiger partial charge in [-0.15, -0.1) is 0 Å². The van der Waals surface area contributed by atoms with Crippen molar-refractivity contribution in [2.24, 2.45) is 0 Å². The third-order valence-electron chi connectivity index (χ3n) is 1.91. The topological polar surface area (TPSA) is 29.5 Å². The Hall–Kier alpha value is -0.860. The van der Waals surface area contributed by atoms with Gasteiger partial charge in [-0.2, -0.15) is 0 Å². The molecule has 0 aliphatic rings. The van der Waals surface area contributed by atoms with E-state index in [0.717, 1.165) is 11.1 Å². The highest BCUT2D eigenvalue weighted by Crippen LogP contribution is 2.18. The molecule has 1 unspecified atom stereocenters. The second-order valence-corrected chi connectivity index (χ2v) is 2.95. The Morgan fingerprint density at radius 2 is 2.00 bits per heavy atom.